The molecule has 0 aromatic carbocycles. The second kappa shape index (κ2) is 5.13. The van der Waals surface area contributed by atoms with Crippen molar-refractivity contribution in [2.45, 2.75) is 71.2 Å². The van der Waals surface area contributed by atoms with Gasteiger partial charge in [0.15, 0.2) is 0 Å². The van der Waals surface area contributed by atoms with Crippen LogP contribution in [0.3, 0.4) is 0 Å². The maximum atomic E-state index is 6.18. The van der Waals surface area contributed by atoms with Crippen LogP contribution in [0.25, 0.3) is 0 Å². The summed E-state index contributed by atoms with van der Waals surface area (Å²) in [6.45, 7) is 7.10. The quantitative estimate of drug-likeness (QED) is 0.743. The van der Waals surface area contributed by atoms with Crippen LogP contribution in [-0.2, 0) is 9.47 Å². The zero-order valence-electron chi connectivity index (χ0n) is 12.1. The summed E-state index contributed by atoms with van der Waals surface area (Å²) in [4.78, 5) is 0. The van der Waals surface area contributed by atoms with E-state index in [1.54, 1.807) is 0 Å². The zero-order chi connectivity index (χ0) is 12.7. The molecule has 0 aromatic rings. The van der Waals surface area contributed by atoms with Crippen LogP contribution in [0.1, 0.15) is 52.9 Å². The topological polar surface area (TPSA) is 18.5 Å². The molecule has 0 aliphatic heterocycles. The summed E-state index contributed by atoms with van der Waals surface area (Å²) in [7, 11) is 0. The van der Waals surface area contributed by atoms with Crippen molar-refractivity contribution in [2.75, 3.05) is 6.61 Å². The Bertz CT molecular complexity index is 289. The van der Waals surface area contributed by atoms with Crippen LogP contribution in [0.2, 0.25) is 0 Å². The van der Waals surface area contributed by atoms with Crippen LogP contribution in [-0.4, -0.2) is 24.9 Å². The third-order valence-electron chi connectivity index (χ3n) is 5.42. The zero-order valence-corrected chi connectivity index (χ0v) is 12.1. The molecule has 104 valence electrons. The standard InChI is InChI=1S/C16H28O2/c1-10(2)18-11(3)9-17-16-8-12-7-15(16)14-6-4-5-13(12)14/h10-16H,4-9H2,1-3H3. The monoisotopic (exact) mass is 252 g/mol. The SMILES string of the molecule is CC(C)OC(C)COC1CC2CC1C1CCCC21. The van der Waals surface area contributed by atoms with Crippen LogP contribution in [0.15, 0.2) is 0 Å². The van der Waals surface area contributed by atoms with E-state index in [-0.39, 0.29) is 6.10 Å². The Labute approximate surface area is 111 Å². The smallest absolute Gasteiger partial charge is 0.0784 e. The molecule has 6 unspecified atom stereocenters. The maximum absolute atomic E-state index is 6.18. The van der Waals surface area contributed by atoms with Gasteiger partial charge in [0.25, 0.3) is 0 Å². The fraction of sp³-hybridized carbons (Fsp3) is 1.00. The first-order valence-electron chi connectivity index (χ1n) is 7.92. The summed E-state index contributed by atoms with van der Waals surface area (Å²) >= 11 is 0. The van der Waals surface area contributed by atoms with Gasteiger partial charge >= 0.3 is 0 Å². The van der Waals surface area contributed by atoms with Gasteiger partial charge < -0.3 is 9.47 Å². The molecule has 18 heavy (non-hydrogen) atoms. The van der Waals surface area contributed by atoms with Gasteiger partial charge in [-0.25, -0.2) is 0 Å². The van der Waals surface area contributed by atoms with E-state index in [9.17, 15) is 0 Å². The second-order valence-electron chi connectivity index (χ2n) is 7.02. The summed E-state index contributed by atoms with van der Waals surface area (Å²) in [6, 6.07) is 0. The Kier molecular flexibility index (Phi) is 3.68. The van der Waals surface area contributed by atoms with Gasteiger partial charge in [-0.3, -0.25) is 0 Å². The van der Waals surface area contributed by atoms with Crippen LogP contribution < -0.4 is 0 Å². The fourth-order valence-corrected chi connectivity index (χ4v) is 4.96. The lowest BCUT2D eigenvalue weighted by atomic mass is 9.80. The van der Waals surface area contributed by atoms with Crippen LogP contribution in [0, 0.1) is 23.7 Å². The summed E-state index contributed by atoms with van der Waals surface area (Å²) in [6.07, 6.45) is 8.34. The van der Waals surface area contributed by atoms with Crippen molar-refractivity contribution in [2.24, 2.45) is 23.7 Å². The normalized spacial score (nSPS) is 43.7. The molecule has 3 aliphatic carbocycles. The predicted molar refractivity (Wildman–Crippen MR) is 72.5 cm³/mol. The van der Waals surface area contributed by atoms with Crippen molar-refractivity contribution in [3.8, 4) is 0 Å². The fourth-order valence-electron chi connectivity index (χ4n) is 4.96. The van der Waals surface area contributed by atoms with E-state index >= 15 is 0 Å². The number of ether oxygens (including phenoxy) is 2. The van der Waals surface area contributed by atoms with Gasteiger partial charge in [0.1, 0.15) is 0 Å². The molecule has 3 fully saturated rings. The van der Waals surface area contributed by atoms with E-state index in [0.717, 1.165) is 30.3 Å². The van der Waals surface area contributed by atoms with Crippen LogP contribution in [0.4, 0.5) is 0 Å². The minimum absolute atomic E-state index is 0.239. The van der Waals surface area contributed by atoms with Crippen molar-refractivity contribution >= 4 is 0 Å². The van der Waals surface area contributed by atoms with Gasteiger partial charge in [0, 0.05) is 0 Å². The molecule has 0 radical (unpaired) electrons. The minimum Gasteiger partial charge on any atom is -0.375 e. The number of hydrogen-bond donors (Lipinski definition) is 0. The highest BCUT2D eigenvalue weighted by Crippen LogP contribution is 2.59. The molecule has 0 aromatic heterocycles. The lowest BCUT2D eigenvalue weighted by Gasteiger charge is -2.32. The highest BCUT2D eigenvalue weighted by Gasteiger charge is 2.54. The third kappa shape index (κ3) is 2.34. The van der Waals surface area contributed by atoms with Gasteiger partial charge in [-0.05, 0) is 70.1 Å². The molecular formula is C16H28O2. The number of rotatable bonds is 5. The number of fused-ring (bicyclic) bond motifs is 5. The molecule has 3 rings (SSSR count). The lowest BCUT2D eigenvalue weighted by molar-refractivity contribution is -0.0782. The van der Waals surface area contributed by atoms with E-state index in [1.807, 2.05) is 0 Å². The molecule has 3 saturated carbocycles. The average molecular weight is 252 g/mol. The first kappa shape index (κ1) is 12.9. The van der Waals surface area contributed by atoms with Crippen LogP contribution >= 0.6 is 0 Å². The van der Waals surface area contributed by atoms with Crippen molar-refractivity contribution < 1.29 is 9.47 Å². The average Bonchev–Trinajstić information content (AvgIpc) is 2.97. The molecular weight excluding hydrogens is 224 g/mol. The van der Waals surface area contributed by atoms with E-state index in [2.05, 4.69) is 20.8 Å². The highest BCUT2D eigenvalue weighted by atomic mass is 16.5. The van der Waals surface area contributed by atoms with Gasteiger partial charge in [-0.2, -0.15) is 0 Å². The Morgan fingerprint density at radius 2 is 1.78 bits per heavy atom. The van der Waals surface area contributed by atoms with Crippen LogP contribution in [0.5, 0.6) is 0 Å². The number of hydrogen-bond acceptors (Lipinski definition) is 2. The molecule has 3 aliphatic rings. The Morgan fingerprint density at radius 3 is 2.56 bits per heavy atom. The maximum Gasteiger partial charge on any atom is 0.0784 e. The minimum atomic E-state index is 0.239. The predicted octanol–water partition coefficient (Wildman–Crippen LogP) is 3.64. The summed E-state index contributed by atoms with van der Waals surface area (Å²) in [5.74, 6) is 3.96. The molecule has 2 bridgehead atoms. The van der Waals surface area contributed by atoms with Gasteiger partial charge in [-0.1, -0.05) is 6.42 Å². The third-order valence-corrected chi connectivity index (χ3v) is 5.42. The Morgan fingerprint density at radius 1 is 1.00 bits per heavy atom. The molecule has 0 N–H and O–H groups in total. The van der Waals surface area contributed by atoms with E-state index in [4.69, 9.17) is 9.47 Å². The van der Waals surface area contributed by atoms with Crippen molar-refractivity contribution in [3.63, 3.8) is 0 Å². The van der Waals surface area contributed by atoms with Crippen molar-refractivity contribution in [1.82, 2.24) is 0 Å². The summed E-state index contributed by atoms with van der Waals surface area (Å²) < 4.78 is 11.9. The molecule has 0 heterocycles. The molecule has 2 nitrogen and oxygen atoms in total. The van der Waals surface area contributed by atoms with E-state index in [1.165, 1.54) is 32.1 Å². The van der Waals surface area contributed by atoms with Gasteiger partial charge in [0.2, 0.25) is 0 Å². The molecule has 0 amide bonds. The molecule has 0 spiro atoms. The first-order chi connectivity index (χ1) is 8.65. The van der Waals surface area contributed by atoms with E-state index < -0.39 is 0 Å². The Balaban J connectivity index is 1.48. The lowest BCUT2D eigenvalue weighted by Crippen LogP contribution is -2.33. The summed E-state index contributed by atoms with van der Waals surface area (Å²) in [5.41, 5.74) is 0. The largest absolute Gasteiger partial charge is 0.375 e. The summed E-state index contributed by atoms with van der Waals surface area (Å²) in [5, 5.41) is 0. The second-order valence-corrected chi connectivity index (χ2v) is 7.02. The van der Waals surface area contributed by atoms with Gasteiger partial charge in [0.05, 0.1) is 24.9 Å². The van der Waals surface area contributed by atoms with Crippen molar-refractivity contribution in [3.05, 3.63) is 0 Å². The van der Waals surface area contributed by atoms with Crippen molar-refractivity contribution in [1.29, 1.82) is 0 Å². The van der Waals surface area contributed by atoms with E-state index in [0.29, 0.717) is 12.2 Å². The molecule has 0 saturated heterocycles. The molecule has 2 heteroatoms. The Hall–Kier alpha value is -0.0800. The highest BCUT2D eigenvalue weighted by molar-refractivity contribution is 5.03. The molecule has 6 atom stereocenters. The van der Waals surface area contributed by atoms with Gasteiger partial charge in [-0.15, -0.1) is 0 Å². The first-order valence-corrected chi connectivity index (χ1v) is 7.92.